The molecular weight excluding hydrogens is 262 g/mol. The summed E-state index contributed by atoms with van der Waals surface area (Å²) >= 11 is 1.39. The molecule has 1 N–H and O–H groups in total. The second-order valence-electron chi connectivity index (χ2n) is 4.53. The van der Waals surface area contributed by atoms with E-state index in [1.807, 2.05) is 17.0 Å². The molecule has 4 nitrogen and oxygen atoms in total. The minimum Gasteiger partial charge on any atom is -0.481 e. The molecule has 0 saturated heterocycles. The van der Waals surface area contributed by atoms with Gasteiger partial charge in [-0.2, -0.15) is 11.8 Å². The van der Waals surface area contributed by atoms with Crippen LogP contribution < -0.4 is 0 Å². The van der Waals surface area contributed by atoms with Crippen molar-refractivity contribution in [3.8, 4) is 0 Å². The normalized spacial score (nSPS) is 14.0. The molecule has 5 heteroatoms. The highest BCUT2D eigenvalue weighted by Gasteiger charge is 2.19. The van der Waals surface area contributed by atoms with Crippen molar-refractivity contribution in [1.29, 1.82) is 0 Å². The molecule has 1 heterocycles. The van der Waals surface area contributed by atoms with Crippen LogP contribution in [0.4, 0.5) is 0 Å². The average Bonchev–Trinajstić information content (AvgIpc) is 2.42. The van der Waals surface area contributed by atoms with E-state index in [1.54, 1.807) is 0 Å². The number of carbonyl (C=O) groups is 2. The van der Waals surface area contributed by atoms with E-state index in [9.17, 15) is 9.59 Å². The highest BCUT2D eigenvalue weighted by atomic mass is 32.2. The fourth-order valence-corrected chi connectivity index (χ4v) is 2.94. The van der Waals surface area contributed by atoms with Gasteiger partial charge in [0, 0.05) is 18.8 Å². The fourth-order valence-electron chi connectivity index (χ4n) is 2.12. The van der Waals surface area contributed by atoms with Gasteiger partial charge in [0.15, 0.2) is 0 Å². The molecule has 1 amide bonds. The Balaban J connectivity index is 1.80. The average molecular weight is 279 g/mol. The number of carboxylic acids is 1. The summed E-state index contributed by atoms with van der Waals surface area (Å²) in [6, 6.07) is 8.19. The van der Waals surface area contributed by atoms with E-state index in [4.69, 9.17) is 5.11 Å². The molecule has 0 saturated carbocycles. The van der Waals surface area contributed by atoms with E-state index in [1.165, 1.54) is 22.9 Å². The number of hydrogen-bond donors (Lipinski definition) is 1. The number of carboxylic acid groups (broad SMARTS) is 1. The van der Waals surface area contributed by atoms with Crippen molar-refractivity contribution in [2.24, 2.45) is 0 Å². The van der Waals surface area contributed by atoms with Crippen LogP contribution in [0.1, 0.15) is 17.5 Å². The van der Waals surface area contributed by atoms with Crippen molar-refractivity contribution in [3.05, 3.63) is 35.4 Å². The maximum absolute atomic E-state index is 12.0. The van der Waals surface area contributed by atoms with Crippen molar-refractivity contribution in [1.82, 2.24) is 4.90 Å². The zero-order valence-corrected chi connectivity index (χ0v) is 11.5. The Bertz CT molecular complexity index is 476. The minimum absolute atomic E-state index is 0.102. The molecule has 0 spiro atoms. The number of amides is 1. The van der Waals surface area contributed by atoms with Gasteiger partial charge < -0.3 is 10.0 Å². The predicted molar refractivity (Wildman–Crippen MR) is 75.1 cm³/mol. The summed E-state index contributed by atoms with van der Waals surface area (Å²) in [5.41, 5.74) is 2.54. The highest BCUT2D eigenvalue weighted by Crippen LogP contribution is 2.19. The second-order valence-corrected chi connectivity index (χ2v) is 5.64. The summed E-state index contributed by atoms with van der Waals surface area (Å²) in [7, 11) is 0. The lowest BCUT2D eigenvalue weighted by atomic mass is 10.00. The van der Waals surface area contributed by atoms with E-state index < -0.39 is 5.97 Å². The molecule has 1 aromatic carbocycles. The number of nitrogens with zero attached hydrogens (tertiary/aromatic N) is 1. The number of rotatable bonds is 5. The van der Waals surface area contributed by atoms with E-state index in [0.717, 1.165) is 13.0 Å². The first-order chi connectivity index (χ1) is 9.16. The molecule has 0 unspecified atom stereocenters. The Morgan fingerprint density at radius 3 is 2.74 bits per heavy atom. The van der Waals surface area contributed by atoms with Crippen LogP contribution in [0, 0.1) is 0 Å². The standard InChI is InChI=1S/C14H17NO3S/c16-13(10-19-8-6-14(17)18)15-7-5-11-3-1-2-4-12(11)9-15/h1-4H,5-10H2,(H,17,18). The fraction of sp³-hybridized carbons (Fsp3) is 0.429. The maximum atomic E-state index is 12.0. The summed E-state index contributed by atoms with van der Waals surface area (Å²) in [5.74, 6) is 0.151. The molecule has 1 aliphatic heterocycles. The molecule has 0 atom stereocenters. The second kappa shape index (κ2) is 6.61. The number of carbonyl (C=O) groups excluding carboxylic acids is 1. The first-order valence-corrected chi connectivity index (χ1v) is 7.46. The quantitative estimate of drug-likeness (QED) is 0.835. The van der Waals surface area contributed by atoms with Crippen LogP contribution in [0.3, 0.4) is 0 Å². The molecule has 19 heavy (non-hydrogen) atoms. The maximum Gasteiger partial charge on any atom is 0.304 e. The van der Waals surface area contributed by atoms with E-state index in [0.29, 0.717) is 18.1 Å². The lowest BCUT2D eigenvalue weighted by Gasteiger charge is -2.28. The lowest BCUT2D eigenvalue weighted by Crippen LogP contribution is -2.37. The molecule has 0 aromatic heterocycles. The summed E-state index contributed by atoms with van der Waals surface area (Å²) in [6.45, 7) is 1.43. The third-order valence-corrected chi connectivity index (χ3v) is 4.11. The molecule has 0 bridgehead atoms. The van der Waals surface area contributed by atoms with E-state index in [-0.39, 0.29) is 12.3 Å². The van der Waals surface area contributed by atoms with Gasteiger partial charge in [0.05, 0.1) is 12.2 Å². The van der Waals surface area contributed by atoms with Crippen LogP contribution >= 0.6 is 11.8 Å². The molecule has 0 radical (unpaired) electrons. The van der Waals surface area contributed by atoms with Gasteiger partial charge in [0.2, 0.25) is 5.91 Å². The summed E-state index contributed by atoms with van der Waals surface area (Å²) in [6.07, 6.45) is 1.02. The topological polar surface area (TPSA) is 57.6 Å². The van der Waals surface area contributed by atoms with Crippen LogP contribution in [0.5, 0.6) is 0 Å². The summed E-state index contributed by atoms with van der Waals surface area (Å²) in [4.78, 5) is 24.2. The smallest absolute Gasteiger partial charge is 0.304 e. The van der Waals surface area contributed by atoms with Crippen molar-refractivity contribution in [2.45, 2.75) is 19.4 Å². The monoisotopic (exact) mass is 279 g/mol. The van der Waals surface area contributed by atoms with E-state index in [2.05, 4.69) is 12.1 Å². The highest BCUT2D eigenvalue weighted by molar-refractivity contribution is 7.99. The third-order valence-electron chi connectivity index (χ3n) is 3.17. The number of aliphatic carboxylic acids is 1. The Hall–Kier alpha value is -1.49. The molecule has 2 rings (SSSR count). The lowest BCUT2D eigenvalue weighted by molar-refractivity contribution is -0.136. The van der Waals surface area contributed by atoms with Crippen LogP contribution in [-0.4, -0.2) is 39.9 Å². The van der Waals surface area contributed by atoms with Gasteiger partial charge >= 0.3 is 5.97 Å². The zero-order chi connectivity index (χ0) is 13.7. The SMILES string of the molecule is O=C(O)CCSCC(=O)N1CCc2ccccc2C1. The molecule has 1 aromatic rings. The molecular formula is C14H17NO3S. The Labute approximate surface area is 116 Å². The first-order valence-electron chi connectivity index (χ1n) is 6.31. The molecule has 1 aliphatic rings. The van der Waals surface area contributed by atoms with Crippen LogP contribution in [0.15, 0.2) is 24.3 Å². The zero-order valence-electron chi connectivity index (χ0n) is 10.7. The van der Waals surface area contributed by atoms with Gasteiger partial charge in [-0.1, -0.05) is 24.3 Å². The Morgan fingerprint density at radius 2 is 2.00 bits per heavy atom. The van der Waals surface area contributed by atoms with Crippen molar-refractivity contribution in [3.63, 3.8) is 0 Å². The molecule has 0 aliphatic carbocycles. The van der Waals surface area contributed by atoms with Gasteiger partial charge in [-0.15, -0.1) is 0 Å². The number of benzene rings is 1. The predicted octanol–water partition coefficient (Wildman–Crippen LogP) is 1.78. The van der Waals surface area contributed by atoms with Crippen LogP contribution in [0.25, 0.3) is 0 Å². The van der Waals surface area contributed by atoms with Gasteiger partial charge in [0.1, 0.15) is 0 Å². The van der Waals surface area contributed by atoms with Gasteiger partial charge in [-0.05, 0) is 17.5 Å². The Morgan fingerprint density at radius 1 is 1.26 bits per heavy atom. The third kappa shape index (κ3) is 3.99. The summed E-state index contributed by atoms with van der Waals surface area (Å²) in [5, 5.41) is 8.53. The van der Waals surface area contributed by atoms with Crippen molar-refractivity contribution >= 4 is 23.6 Å². The van der Waals surface area contributed by atoms with Gasteiger partial charge in [-0.3, -0.25) is 9.59 Å². The molecule has 102 valence electrons. The van der Waals surface area contributed by atoms with Crippen LogP contribution in [0.2, 0.25) is 0 Å². The van der Waals surface area contributed by atoms with Gasteiger partial charge in [0.25, 0.3) is 0 Å². The first kappa shape index (κ1) is 13.9. The number of hydrogen-bond acceptors (Lipinski definition) is 3. The number of thioether (sulfide) groups is 1. The van der Waals surface area contributed by atoms with E-state index >= 15 is 0 Å². The van der Waals surface area contributed by atoms with Gasteiger partial charge in [-0.25, -0.2) is 0 Å². The van der Waals surface area contributed by atoms with Crippen LogP contribution in [-0.2, 0) is 22.6 Å². The van der Waals surface area contributed by atoms with Crippen molar-refractivity contribution in [2.75, 3.05) is 18.1 Å². The molecule has 0 fully saturated rings. The summed E-state index contributed by atoms with van der Waals surface area (Å²) < 4.78 is 0. The Kier molecular flexibility index (Phi) is 4.85. The number of fused-ring (bicyclic) bond motifs is 1. The largest absolute Gasteiger partial charge is 0.481 e. The minimum atomic E-state index is -0.813. The van der Waals surface area contributed by atoms with Crippen molar-refractivity contribution < 1.29 is 14.7 Å².